The molecule has 33 heavy (non-hydrogen) atoms. The number of halogens is 5. The van der Waals surface area contributed by atoms with E-state index in [0.717, 1.165) is 23.8 Å². The van der Waals surface area contributed by atoms with Gasteiger partial charge in [-0.1, -0.05) is 35.3 Å². The summed E-state index contributed by atoms with van der Waals surface area (Å²) in [4.78, 5) is 23.1. The minimum atomic E-state index is -4.57. The van der Waals surface area contributed by atoms with Gasteiger partial charge in [-0.25, -0.2) is 0 Å². The largest absolute Gasteiger partial charge is 0.456 e. The van der Waals surface area contributed by atoms with Crippen LogP contribution in [-0.4, -0.2) is 10.8 Å². The predicted molar refractivity (Wildman–Crippen MR) is 117 cm³/mol. The summed E-state index contributed by atoms with van der Waals surface area (Å²) in [6.07, 6.45) is -4.89. The minimum Gasteiger partial charge on any atom is -0.456 e. The molecular formula is C22H15Cl2F3N2O4. The molecule has 0 atom stereocenters. The number of alkyl halides is 3. The first-order chi connectivity index (χ1) is 15.5. The molecule has 0 aromatic heterocycles. The number of carbonyl (C=O) groups excluding carboxylic acids is 1. The summed E-state index contributed by atoms with van der Waals surface area (Å²) >= 11 is 11.7. The van der Waals surface area contributed by atoms with Crippen LogP contribution in [0.2, 0.25) is 10.0 Å². The average molecular weight is 499 g/mol. The second-order valence-corrected chi connectivity index (χ2v) is 7.72. The number of nitro benzene ring substituents is 1. The van der Waals surface area contributed by atoms with E-state index in [4.69, 9.17) is 27.9 Å². The molecule has 0 aliphatic rings. The number of nitrogens with zero attached hydrogens (tertiary/aromatic N) is 1. The molecule has 0 radical (unpaired) electrons. The van der Waals surface area contributed by atoms with Crippen LogP contribution in [0, 0.1) is 10.1 Å². The van der Waals surface area contributed by atoms with E-state index in [0.29, 0.717) is 11.1 Å². The topological polar surface area (TPSA) is 81.5 Å². The van der Waals surface area contributed by atoms with Gasteiger partial charge in [-0.15, -0.1) is 0 Å². The maximum absolute atomic E-state index is 12.8. The Hall–Kier alpha value is -3.30. The van der Waals surface area contributed by atoms with E-state index in [9.17, 15) is 28.1 Å². The van der Waals surface area contributed by atoms with E-state index < -0.39 is 22.6 Å². The molecule has 0 bridgehead atoms. The lowest BCUT2D eigenvalue weighted by molar-refractivity contribution is -0.385. The molecule has 0 heterocycles. The maximum Gasteiger partial charge on any atom is 0.416 e. The van der Waals surface area contributed by atoms with Crippen LogP contribution in [0.1, 0.15) is 16.7 Å². The van der Waals surface area contributed by atoms with E-state index >= 15 is 0 Å². The van der Waals surface area contributed by atoms with Gasteiger partial charge in [-0.3, -0.25) is 14.9 Å². The van der Waals surface area contributed by atoms with Gasteiger partial charge >= 0.3 is 6.18 Å². The van der Waals surface area contributed by atoms with Gasteiger partial charge in [0.15, 0.2) is 0 Å². The molecule has 172 valence electrons. The third kappa shape index (κ3) is 6.59. The fourth-order valence-electron chi connectivity index (χ4n) is 2.87. The number of hydrogen-bond donors (Lipinski definition) is 1. The van der Waals surface area contributed by atoms with Gasteiger partial charge in [0, 0.05) is 23.2 Å². The monoisotopic (exact) mass is 498 g/mol. The summed E-state index contributed by atoms with van der Waals surface area (Å²) in [5.41, 5.74) is -0.394. The van der Waals surface area contributed by atoms with E-state index in [1.54, 1.807) is 24.3 Å². The van der Waals surface area contributed by atoms with Gasteiger partial charge < -0.3 is 10.1 Å². The zero-order valence-corrected chi connectivity index (χ0v) is 18.2. The Kier molecular flexibility index (Phi) is 7.45. The van der Waals surface area contributed by atoms with E-state index in [-0.39, 0.29) is 40.7 Å². The first kappa shape index (κ1) is 24.3. The van der Waals surface area contributed by atoms with Crippen LogP contribution in [0.15, 0.2) is 60.7 Å². The van der Waals surface area contributed by atoms with Crippen molar-refractivity contribution in [2.45, 2.75) is 19.1 Å². The summed E-state index contributed by atoms with van der Waals surface area (Å²) in [5, 5.41) is 14.3. The average Bonchev–Trinajstić information content (AvgIpc) is 2.74. The molecule has 0 fully saturated rings. The smallest absolute Gasteiger partial charge is 0.416 e. The van der Waals surface area contributed by atoms with Crippen LogP contribution >= 0.6 is 23.2 Å². The van der Waals surface area contributed by atoms with Gasteiger partial charge in [0.05, 0.1) is 21.9 Å². The first-order valence-electron chi connectivity index (χ1n) is 9.36. The number of rotatable bonds is 7. The Balaban J connectivity index is 1.76. The molecule has 3 rings (SSSR count). The van der Waals surface area contributed by atoms with Crippen molar-refractivity contribution in [2.24, 2.45) is 0 Å². The molecular weight excluding hydrogens is 484 g/mol. The van der Waals surface area contributed by atoms with Crippen LogP contribution in [0.25, 0.3) is 0 Å². The Morgan fingerprint density at radius 3 is 2.33 bits per heavy atom. The molecule has 3 aromatic rings. The van der Waals surface area contributed by atoms with Crippen molar-refractivity contribution in [1.29, 1.82) is 0 Å². The van der Waals surface area contributed by atoms with E-state index in [2.05, 4.69) is 5.32 Å². The molecule has 0 saturated carbocycles. The van der Waals surface area contributed by atoms with Crippen molar-refractivity contribution in [1.82, 2.24) is 5.32 Å². The first-order valence-corrected chi connectivity index (χ1v) is 10.1. The second kappa shape index (κ2) is 10.1. The molecule has 1 amide bonds. The lowest BCUT2D eigenvalue weighted by atomic mass is 10.1. The van der Waals surface area contributed by atoms with Crippen LogP contribution < -0.4 is 10.1 Å². The van der Waals surface area contributed by atoms with E-state index in [1.807, 2.05) is 0 Å². The molecule has 0 unspecified atom stereocenters. The number of nitrogens with one attached hydrogen (secondary N) is 1. The Morgan fingerprint density at radius 1 is 1.03 bits per heavy atom. The highest BCUT2D eigenvalue weighted by Gasteiger charge is 2.31. The number of ether oxygens (including phenoxy) is 1. The molecule has 0 spiro atoms. The number of benzene rings is 3. The second-order valence-electron chi connectivity index (χ2n) is 6.87. The zero-order valence-electron chi connectivity index (χ0n) is 16.7. The highest BCUT2D eigenvalue weighted by Crippen LogP contribution is 2.37. The quantitative estimate of drug-likeness (QED) is 0.295. The summed E-state index contributed by atoms with van der Waals surface area (Å²) in [6.45, 7) is 0.196. The molecule has 0 saturated heterocycles. The maximum atomic E-state index is 12.8. The fraction of sp³-hybridized carbons (Fsp3) is 0.136. The zero-order chi connectivity index (χ0) is 24.2. The molecule has 6 nitrogen and oxygen atoms in total. The summed E-state index contributed by atoms with van der Waals surface area (Å²) < 4.78 is 43.9. The number of nitro groups is 1. The standard InChI is InChI=1S/C22H15Cl2F3N2O4/c23-16-4-1-13(2-5-16)12-28-21(30)10-14-9-17(6-7-19(14)29(31)32)33-20-8-3-15(11-18(20)24)22(25,26)27/h1-9,11H,10,12H2,(H,28,30). The summed E-state index contributed by atoms with van der Waals surface area (Å²) in [6, 6.07) is 13.0. The summed E-state index contributed by atoms with van der Waals surface area (Å²) in [5.74, 6) is -0.475. The van der Waals surface area contributed by atoms with Crippen molar-refractivity contribution < 1.29 is 27.6 Å². The molecule has 0 aliphatic carbocycles. The number of amides is 1. The van der Waals surface area contributed by atoms with Gasteiger partial charge in [-0.2, -0.15) is 13.2 Å². The highest BCUT2D eigenvalue weighted by molar-refractivity contribution is 6.32. The Bertz CT molecular complexity index is 1190. The predicted octanol–water partition coefficient (Wildman–Crippen LogP) is 6.57. The molecule has 11 heteroatoms. The third-order valence-electron chi connectivity index (χ3n) is 4.49. The highest BCUT2D eigenvalue weighted by atomic mass is 35.5. The molecule has 1 N–H and O–H groups in total. The van der Waals surface area contributed by atoms with Crippen molar-refractivity contribution in [2.75, 3.05) is 0 Å². The Labute approximate surface area is 196 Å². The van der Waals surface area contributed by atoms with Crippen LogP contribution in [0.4, 0.5) is 18.9 Å². The van der Waals surface area contributed by atoms with Crippen molar-refractivity contribution in [3.8, 4) is 11.5 Å². The van der Waals surface area contributed by atoms with Gasteiger partial charge in [-0.05, 0) is 48.0 Å². The van der Waals surface area contributed by atoms with Crippen LogP contribution in [0.5, 0.6) is 11.5 Å². The Morgan fingerprint density at radius 2 is 1.73 bits per heavy atom. The van der Waals surface area contributed by atoms with Crippen LogP contribution in [-0.2, 0) is 23.9 Å². The fourth-order valence-corrected chi connectivity index (χ4v) is 3.22. The van der Waals surface area contributed by atoms with Crippen molar-refractivity contribution in [3.05, 3.63) is 97.5 Å². The molecule has 3 aromatic carbocycles. The van der Waals surface area contributed by atoms with Crippen molar-refractivity contribution >= 4 is 34.8 Å². The van der Waals surface area contributed by atoms with Crippen LogP contribution in [0.3, 0.4) is 0 Å². The van der Waals surface area contributed by atoms with E-state index in [1.165, 1.54) is 12.1 Å². The molecule has 0 aliphatic heterocycles. The lowest BCUT2D eigenvalue weighted by Crippen LogP contribution is -2.24. The van der Waals surface area contributed by atoms with Crippen molar-refractivity contribution in [3.63, 3.8) is 0 Å². The van der Waals surface area contributed by atoms with Gasteiger partial charge in [0.25, 0.3) is 5.69 Å². The SMILES string of the molecule is O=C(Cc1cc(Oc2ccc(C(F)(F)F)cc2Cl)ccc1[N+](=O)[O-])NCc1ccc(Cl)cc1. The minimum absolute atomic E-state index is 0.0640. The number of carbonyl (C=O) groups is 1. The third-order valence-corrected chi connectivity index (χ3v) is 5.04. The summed E-state index contributed by atoms with van der Waals surface area (Å²) in [7, 11) is 0. The van der Waals surface area contributed by atoms with Gasteiger partial charge in [0.1, 0.15) is 11.5 Å². The normalized spacial score (nSPS) is 11.2. The lowest BCUT2D eigenvalue weighted by Gasteiger charge is -2.12. The number of hydrogen-bond acceptors (Lipinski definition) is 4. The van der Waals surface area contributed by atoms with Gasteiger partial charge in [0.2, 0.25) is 5.91 Å².